The van der Waals surface area contributed by atoms with Crippen molar-refractivity contribution in [3.63, 3.8) is 0 Å². The second-order valence-electron chi connectivity index (χ2n) is 4.93. The third-order valence-electron chi connectivity index (χ3n) is 3.58. The van der Waals surface area contributed by atoms with Gasteiger partial charge in [0.05, 0.1) is 17.3 Å². The van der Waals surface area contributed by atoms with E-state index in [4.69, 9.17) is 16.4 Å². The monoisotopic (exact) mass is 379 g/mol. The first-order chi connectivity index (χ1) is 10.9. The predicted octanol–water partition coefficient (Wildman–Crippen LogP) is 1.72. The van der Waals surface area contributed by atoms with E-state index in [-0.39, 0.29) is 11.6 Å². The molecular weight excluding hydrogens is 362 g/mol. The van der Waals surface area contributed by atoms with Gasteiger partial charge in [-0.05, 0) is 53.5 Å². The van der Waals surface area contributed by atoms with Crippen LogP contribution in [0.4, 0.5) is 0 Å². The first-order valence-electron chi connectivity index (χ1n) is 6.76. The van der Waals surface area contributed by atoms with Crippen LogP contribution in [0.1, 0.15) is 32.9 Å². The van der Waals surface area contributed by atoms with E-state index in [0.29, 0.717) is 32.7 Å². The molecule has 1 aromatic carbocycles. The van der Waals surface area contributed by atoms with Crippen molar-refractivity contribution in [3.8, 4) is 5.75 Å². The average Bonchev–Trinajstić information content (AvgIpc) is 2.83. The Hall–Kier alpha value is -2.32. The molecule has 7 nitrogen and oxygen atoms in total. The number of H-pyrrole nitrogens is 1. The highest BCUT2D eigenvalue weighted by atomic mass is 79.9. The van der Waals surface area contributed by atoms with Crippen molar-refractivity contribution in [3.05, 3.63) is 50.8 Å². The van der Waals surface area contributed by atoms with E-state index in [0.717, 1.165) is 5.56 Å². The van der Waals surface area contributed by atoms with Gasteiger partial charge in [0.25, 0.3) is 0 Å². The smallest absolute Gasteiger partial charge is 0.195 e. The number of halogens is 1. The van der Waals surface area contributed by atoms with Crippen LogP contribution in [-0.4, -0.2) is 23.7 Å². The van der Waals surface area contributed by atoms with E-state index < -0.39 is 0 Å². The lowest BCUT2D eigenvalue weighted by Gasteiger charge is -2.07. The average molecular weight is 380 g/mol. The van der Waals surface area contributed by atoms with Crippen LogP contribution < -0.4 is 21.8 Å². The minimum atomic E-state index is -0.112. The highest BCUT2D eigenvalue weighted by Gasteiger charge is 2.22. The fourth-order valence-corrected chi connectivity index (χ4v) is 2.99. The van der Waals surface area contributed by atoms with Crippen LogP contribution in [0.2, 0.25) is 0 Å². The number of nitrogens with zero attached hydrogens (tertiary/aromatic N) is 1. The summed E-state index contributed by atoms with van der Waals surface area (Å²) in [5.41, 5.74) is 5.54. The van der Waals surface area contributed by atoms with Crippen molar-refractivity contribution in [1.29, 1.82) is 0 Å². The number of nitrogens with one attached hydrogen (secondary N) is 2. The third kappa shape index (κ3) is 3.08. The number of hydrazine groups is 1. The number of nitrogens with two attached hydrogens (primary N) is 2. The van der Waals surface area contributed by atoms with Gasteiger partial charge in [0.2, 0.25) is 0 Å². The van der Waals surface area contributed by atoms with Gasteiger partial charge in [-0.1, -0.05) is 0 Å². The first-order valence-corrected chi connectivity index (χ1v) is 7.56. The summed E-state index contributed by atoms with van der Waals surface area (Å²) in [6, 6.07) is 5.19. The Labute approximate surface area is 142 Å². The highest BCUT2D eigenvalue weighted by Crippen LogP contribution is 2.28. The van der Waals surface area contributed by atoms with E-state index in [1.807, 2.05) is 13.8 Å². The number of methoxy groups -OCH3 is 1. The number of amidine groups is 1. The molecule has 2 rings (SSSR count). The van der Waals surface area contributed by atoms with Crippen LogP contribution in [0.25, 0.3) is 0 Å². The van der Waals surface area contributed by atoms with E-state index >= 15 is 0 Å². The number of aromatic amines is 1. The van der Waals surface area contributed by atoms with Crippen LogP contribution >= 0.6 is 15.9 Å². The Morgan fingerprint density at radius 1 is 1.39 bits per heavy atom. The molecule has 0 saturated heterocycles. The predicted molar refractivity (Wildman–Crippen MR) is 92.4 cm³/mol. The van der Waals surface area contributed by atoms with Crippen molar-refractivity contribution < 1.29 is 9.53 Å². The summed E-state index contributed by atoms with van der Waals surface area (Å²) in [5.74, 6) is 11.5. The minimum Gasteiger partial charge on any atom is -0.496 e. The normalized spacial score (nSPS) is 11.4. The Morgan fingerprint density at radius 2 is 2.09 bits per heavy atom. The van der Waals surface area contributed by atoms with Gasteiger partial charge < -0.3 is 21.0 Å². The molecule has 0 saturated carbocycles. The molecule has 6 N–H and O–H groups in total. The van der Waals surface area contributed by atoms with Crippen LogP contribution in [0, 0.1) is 13.8 Å². The number of hydrogen-bond donors (Lipinski definition) is 4. The molecule has 1 heterocycles. The molecule has 0 atom stereocenters. The standard InChI is InChI=1S/C15H18BrN5O2/c1-7-12(8(2)19-13(7)15(20-17)21-18)14(22)9-4-5-11(23-3)10(16)6-9/h4-6,19H,17-18H2,1-3H3,(H,20,21). The number of hydrogen-bond acceptors (Lipinski definition) is 5. The van der Waals surface area contributed by atoms with Gasteiger partial charge in [-0.15, -0.1) is 0 Å². The van der Waals surface area contributed by atoms with Crippen LogP contribution in [0.3, 0.4) is 0 Å². The Morgan fingerprint density at radius 3 is 2.61 bits per heavy atom. The largest absolute Gasteiger partial charge is 0.496 e. The van der Waals surface area contributed by atoms with E-state index in [1.54, 1.807) is 25.3 Å². The molecular formula is C15H18BrN5O2. The van der Waals surface area contributed by atoms with Gasteiger partial charge in [0, 0.05) is 16.8 Å². The molecule has 0 radical (unpaired) electrons. The van der Waals surface area contributed by atoms with Gasteiger partial charge in [0.1, 0.15) is 5.75 Å². The Balaban J connectivity index is 2.50. The van der Waals surface area contributed by atoms with Crippen molar-refractivity contribution in [2.24, 2.45) is 16.8 Å². The van der Waals surface area contributed by atoms with E-state index in [2.05, 4.69) is 31.4 Å². The summed E-state index contributed by atoms with van der Waals surface area (Å²) in [6.45, 7) is 3.63. The third-order valence-corrected chi connectivity index (χ3v) is 4.20. The van der Waals surface area contributed by atoms with E-state index in [9.17, 15) is 4.79 Å². The van der Waals surface area contributed by atoms with Crippen molar-refractivity contribution in [1.82, 2.24) is 10.4 Å². The minimum absolute atomic E-state index is 0.112. The highest BCUT2D eigenvalue weighted by molar-refractivity contribution is 9.10. The molecule has 0 aliphatic carbocycles. The van der Waals surface area contributed by atoms with Gasteiger partial charge in [0.15, 0.2) is 11.6 Å². The van der Waals surface area contributed by atoms with Crippen LogP contribution in [0.5, 0.6) is 5.75 Å². The lowest BCUT2D eigenvalue weighted by molar-refractivity contribution is 0.103. The maximum Gasteiger partial charge on any atom is 0.195 e. The molecule has 0 bridgehead atoms. The summed E-state index contributed by atoms with van der Waals surface area (Å²) in [4.78, 5) is 15.9. The first kappa shape index (κ1) is 17.0. The molecule has 0 fully saturated rings. The van der Waals surface area contributed by atoms with Gasteiger partial charge in [-0.3, -0.25) is 4.79 Å². The number of carbonyl (C=O) groups is 1. The number of rotatable bonds is 4. The number of aryl methyl sites for hydroxylation is 1. The zero-order valence-electron chi connectivity index (χ0n) is 13.0. The van der Waals surface area contributed by atoms with Crippen molar-refractivity contribution in [2.75, 3.05) is 7.11 Å². The SMILES string of the molecule is COc1ccc(C(=O)c2c(C)[nH]c(/C(=N/N)NN)c2C)cc1Br. The number of ketones is 1. The summed E-state index contributed by atoms with van der Waals surface area (Å²) in [7, 11) is 1.57. The second kappa shape index (κ2) is 6.84. The fourth-order valence-electron chi connectivity index (χ4n) is 2.45. The number of hydrazone groups is 1. The second-order valence-corrected chi connectivity index (χ2v) is 5.78. The molecule has 23 heavy (non-hydrogen) atoms. The summed E-state index contributed by atoms with van der Waals surface area (Å²) in [5, 5.41) is 3.57. The van der Waals surface area contributed by atoms with Crippen LogP contribution in [0.15, 0.2) is 27.8 Å². The van der Waals surface area contributed by atoms with Gasteiger partial charge in [-0.25, -0.2) is 5.84 Å². The number of ether oxygens (including phenoxy) is 1. The molecule has 0 unspecified atom stereocenters. The summed E-state index contributed by atoms with van der Waals surface area (Å²) >= 11 is 3.39. The summed E-state index contributed by atoms with van der Waals surface area (Å²) in [6.07, 6.45) is 0. The zero-order chi connectivity index (χ0) is 17.1. The molecule has 0 aliphatic heterocycles. The number of benzene rings is 1. The lowest BCUT2D eigenvalue weighted by atomic mass is 9.99. The topological polar surface area (TPSA) is 119 Å². The number of carbonyl (C=O) groups excluding carboxylic acids is 1. The molecule has 122 valence electrons. The molecule has 2 aromatic rings. The van der Waals surface area contributed by atoms with Gasteiger partial charge >= 0.3 is 0 Å². The Kier molecular flexibility index (Phi) is 5.07. The zero-order valence-corrected chi connectivity index (χ0v) is 14.6. The summed E-state index contributed by atoms with van der Waals surface area (Å²) < 4.78 is 5.89. The Bertz CT molecular complexity index is 782. The fraction of sp³-hybridized carbons (Fsp3) is 0.200. The maximum atomic E-state index is 12.8. The maximum absolute atomic E-state index is 12.8. The van der Waals surface area contributed by atoms with Crippen molar-refractivity contribution >= 4 is 27.5 Å². The molecule has 1 aromatic heterocycles. The van der Waals surface area contributed by atoms with Gasteiger partial charge in [-0.2, -0.15) is 5.10 Å². The molecule has 0 spiro atoms. The van der Waals surface area contributed by atoms with E-state index in [1.165, 1.54) is 0 Å². The lowest BCUT2D eigenvalue weighted by Crippen LogP contribution is -2.32. The molecule has 0 aliphatic rings. The molecule has 8 heteroatoms. The van der Waals surface area contributed by atoms with Crippen LogP contribution in [-0.2, 0) is 0 Å². The van der Waals surface area contributed by atoms with Crippen molar-refractivity contribution in [2.45, 2.75) is 13.8 Å². The number of aromatic nitrogens is 1. The molecule has 0 amide bonds. The quantitative estimate of drug-likeness (QED) is 0.212.